The van der Waals surface area contributed by atoms with Gasteiger partial charge >= 0.3 is 0 Å². The van der Waals surface area contributed by atoms with Gasteiger partial charge in [0.15, 0.2) is 5.82 Å². The standard InChI is InChI=1S/C18H25N7O2S/c26-28(27)8-2-4-24(28)7-6-22-10-15-12-23(13-16(15)11-22)17-9-18(20-14-19-17)25-5-1-3-21-25/h1,3,5,9,14-16H,2,4,6-8,10-13H2. The Morgan fingerprint density at radius 2 is 1.82 bits per heavy atom. The molecule has 2 aromatic heterocycles. The molecule has 2 atom stereocenters. The lowest BCUT2D eigenvalue weighted by molar-refractivity contribution is 0.286. The fourth-order valence-electron chi connectivity index (χ4n) is 4.69. The van der Waals surface area contributed by atoms with E-state index in [0.29, 0.717) is 30.7 Å². The second-order valence-corrected chi connectivity index (χ2v) is 10.0. The average molecular weight is 404 g/mol. The lowest BCUT2D eigenvalue weighted by atomic mass is 10.0. The number of aromatic nitrogens is 4. The molecule has 0 amide bonds. The summed E-state index contributed by atoms with van der Waals surface area (Å²) in [6, 6.07) is 3.87. The van der Waals surface area contributed by atoms with Crippen LogP contribution < -0.4 is 4.90 Å². The molecule has 150 valence electrons. The molecule has 5 heterocycles. The van der Waals surface area contributed by atoms with E-state index in [9.17, 15) is 8.42 Å². The molecule has 28 heavy (non-hydrogen) atoms. The Morgan fingerprint density at radius 1 is 1.04 bits per heavy atom. The van der Waals surface area contributed by atoms with Crippen molar-refractivity contribution in [3.8, 4) is 5.82 Å². The predicted octanol–water partition coefficient (Wildman–Crippen LogP) is 0.0658. The molecule has 0 radical (unpaired) electrons. The second-order valence-electron chi connectivity index (χ2n) is 7.94. The van der Waals surface area contributed by atoms with E-state index >= 15 is 0 Å². The third-order valence-electron chi connectivity index (χ3n) is 6.13. The molecular formula is C18H25N7O2S. The smallest absolute Gasteiger partial charge is 0.214 e. The van der Waals surface area contributed by atoms with E-state index in [1.54, 1.807) is 21.5 Å². The van der Waals surface area contributed by atoms with Crippen LogP contribution in [0.1, 0.15) is 6.42 Å². The second kappa shape index (κ2) is 7.09. The van der Waals surface area contributed by atoms with Gasteiger partial charge in [-0.2, -0.15) is 5.10 Å². The van der Waals surface area contributed by atoms with Crippen LogP contribution in [0.2, 0.25) is 0 Å². The van der Waals surface area contributed by atoms with E-state index in [0.717, 1.165) is 50.8 Å². The van der Waals surface area contributed by atoms with E-state index in [-0.39, 0.29) is 0 Å². The van der Waals surface area contributed by atoms with Crippen LogP contribution in [0.5, 0.6) is 0 Å². The molecule has 3 fully saturated rings. The molecule has 0 bridgehead atoms. The SMILES string of the molecule is O=S1(=O)CCCN1CCN1CC2CN(c3cc(-n4cccn4)ncn3)CC2C1. The van der Waals surface area contributed by atoms with Gasteiger partial charge in [0.1, 0.15) is 12.1 Å². The number of nitrogens with zero attached hydrogens (tertiary/aromatic N) is 7. The molecule has 0 aliphatic carbocycles. The van der Waals surface area contributed by atoms with Gasteiger partial charge in [0.25, 0.3) is 0 Å². The van der Waals surface area contributed by atoms with Crippen molar-refractivity contribution >= 4 is 15.8 Å². The van der Waals surface area contributed by atoms with Crippen LogP contribution in [-0.2, 0) is 10.0 Å². The Labute approximate surface area is 165 Å². The number of hydrogen-bond acceptors (Lipinski definition) is 7. The van der Waals surface area contributed by atoms with Crippen molar-refractivity contribution in [3.05, 3.63) is 30.9 Å². The summed E-state index contributed by atoms with van der Waals surface area (Å²) in [5.41, 5.74) is 0. The van der Waals surface area contributed by atoms with Crippen LogP contribution in [0.3, 0.4) is 0 Å². The monoisotopic (exact) mass is 403 g/mol. The highest BCUT2D eigenvalue weighted by molar-refractivity contribution is 7.89. The first-order valence-corrected chi connectivity index (χ1v) is 11.5. The maximum Gasteiger partial charge on any atom is 0.214 e. The number of rotatable bonds is 5. The van der Waals surface area contributed by atoms with Gasteiger partial charge in [0, 0.05) is 64.3 Å². The highest BCUT2D eigenvalue weighted by atomic mass is 32.2. The van der Waals surface area contributed by atoms with Gasteiger partial charge in [-0.15, -0.1) is 0 Å². The summed E-state index contributed by atoms with van der Waals surface area (Å²) >= 11 is 0. The minimum atomic E-state index is -2.99. The quantitative estimate of drug-likeness (QED) is 0.698. The van der Waals surface area contributed by atoms with Crippen molar-refractivity contribution in [3.63, 3.8) is 0 Å². The number of likely N-dealkylation sites (tertiary alicyclic amines) is 1. The predicted molar refractivity (Wildman–Crippen MR) is 105 cm³/mol. The van der Waals surface area contributed by atoms with Gasteiger partial charge in [-0.05, 0) is 24.3 Å². The zero-order chi connectivity index (χ0) is 19.1. The third-order valence-corrected chi connectivity index (χ3v) is 8.09. The van der Waals surface area contributed by atoms with Gasteiger partial charge in [-0.25, -0.2) is 27.4 Å². The van der Waals surface area contributed by atoms with E-state index in [2.05, 4.69) is 24.9 Å². The highest BCUT2D eigenvalue weighted by Gasteiger charge is 2.40. The number of sulfonamides is 1. The van der Waals surface area contributed by atoms with Gasteiger partial charge in [-0.1, -0.05) is 0 Å². The molecule has 0 spiro atoms. The van der Waals surface area contributed by atoms with E-state index in [4.69, 9.17) is 0 Å². The largest absolute Gasteiger partial charge is 0.356 e. The summed E-state index contributed by atoms with van der Waals surface area (Å²) in [5.74, 6) is 3.26. The van der Waals surface area contributed by atoms with Crippen LogP contribution >= 0.6 is 0 Å². The lowest BCUT2D eigenvalue weighted by Gasteiger charge is -2.24. The Morgan fingerprint density at radius 3 is 2.50 bits per heavy atom. The summed E-state index contributed by atoms with van der Waals surface area (Å²) in [7, 11) is -2.99. The molecule has 3 saturated heterocycles. The Bertz CT molecular complexity index is 919. The van der Waals surface area contributed by atoms with Crippen LogP contribution in [0.25, 0.3) is 5.82 Å². The van der Waals surface area contributed by atoms with Gasteiger partial charge in [0.05, 0.1) is 5.75 Å². The zero-order valence-corrected chi connectivity index (χ0v) is 16.6. The van der Waals surface area contributed by atoms with E-state index < -0.39 is 10.0 Å². The summed E-state index contributed by atoms with van der Waals surface area (Å²) < 4.78 is 27.3. The molecule has 10 heteroatoms. The lowest BCUT2D eigenvalue weighted by Crippen LogP contribution is -2.36. The van der Waals surface area contributed by atoms with Crippen molar-refractivity contribution in [2.24, 2.45) is 11.8 Å². The molecule has 5 rings (SSSR count). The maximum absolute atomic E-state index is 12.0. The molecule has 0 aromatic carbocycles. The van der Waals surface area contributed by atoms with E-state index in [1.165, 1.54) is 0 Å². The van der Waals surface area contributed by atoms with E-state index in [1.807, 2.05) is 18.3 Å². The number of fused-ring (bicyclic) bond motifs is 1. The minimum absolute atomic E-state index is 0.312. The van der Waals surface area contributed by atoms with Gasteiger partial charge < -0.3 is 9.80 Å². The zero-order valence-electron chi connectivity index (χ0n) is 15.8. The number of anilines is 1. The normalized spacial score (nSPS) is 27.5. The van der Waals surface area contributed by atoms with Crippen LogP contribution in [-0.4, -0.2) is 88.9 Å². The fraction of sp³-hybridized carbons (Fsp3) is 0.611. The first-order valence-electron chi connectivity index (χ1n) is 9.86. The summed E-state index contributed by atoms with van der Waals surface area (Å²) in [6.07, 6.45) is 5.98. The van der Waals surface area contributed by atoms with Crippen LogP contribution in [0.15, 0.2) is 30.9 Å². The van der Waals surface area contributed by atoms with Crippen LogP contribution in [0.4, 0.5) is 5.82 Å². The maximum atomic E-state index is 12.0. The van der Waals surface area contributed by atoms with Crippen LogP contribution in [0, 0.1) is 11.8 Å². The summed E-state index contributed by atoms with van der Waals surface area (Å²) in [4.78, 5) is 13.5. The van der Waals surface area contributed by atoms with Crippen molar-refractivity contribution < 1.29 is 8.42 Å². The van der Waals surface area contributed by atoms with Gasteiger partial charge in [0.2, 0.25) is 10.0 Å². The number of hydrogen-bond donors (Lipinski definition) is 0. The van der Waals surface area contributed by atoms with Gasteiger partial charge in [-0.3, -0.25) is 0 Å². The highest BCUT2D eigenvalue weighted by Crippen LogP contribution is 2.33. The fourth-order valence-corrected chi connectivity index (χ4v) is 6.21. The first kappa shape index (κ1) is 18.0. The molecular weight excluding hydrogens is 378 g/mol. The molecule has 3 aliphatic heterocycles. The molecule has 0 N–H and O–H groups in total. The minimum Gasteiger partial charge on any atom is -0.356 e. The van der Waals surface area contributed by atoms with Crippen molar-refractivity contribution in [2.45, 2.75) is 6.42 Å². The molecule has 0 saturated carbocycles. The summed E-state index contributed by atoms with van der Waals surface area (Å²) in [5, 5.41) is 4.24. The molecule has 9 nitrogen and oxygen atoms in total. The molecule has 2 aromatic rings. The first-order chi connectivity index (χ1) is 13.6. The topological polar surface area (TPSA) is 87.5 Å². The van der Waals surface area contributed by atoms with Crippen molar-refractivity contribution in [1.82, 2.24) is 29.0 Å². The Hall–Kier alpha value is -2.04. The van der Waals surface area contributed by atoms with Crippen molar-refractivity contribution in [1.29, 1.82) is 0 Å². The van der Waals surface area contributed by atoms with Crippen molar-refractivity contribution in [2.75, 3.05) is 56.5 Å². The average Bonchev–Trinajstić information content (AvgIpc) is 3.44. The summed E-state index contributed by atoms with van der Waals surface area (Å²) in [6.45, 7) is 6.19. The molecule has 2 unspecified atom stereocenters. The third kappa shape index (κ3) is 3.40. The Kier molecular flexibility index (Phi) is 4.56. The molecule has 3 aliphatic rings. The Balaban J connectivity index is 1.18.